The van der Waals surface area contributed by atoms with Crippen LogP contribution in [0, 0.1) is 5.92 Å². The Bertz CT molecular complexity index is 672. The SMILES string of the molecule is COc1ccnc2c1CC(C)C2.Clc1ccnc2c1CCC2. The second kappa shape index (κ2) is 6.66. The van der Waals surface area contributed by atoms with Crippen molar-refractivity contribution in [3.63, 3.8) is 0 Å². The molecule has 4 heteroatoms. The Morgan fingerprint density at radius 1 is 1.05 bits per heavy atom. The monoisotopic (exact) mass is 316 g/mol. The molecule has 0 bridgehead atoms. The number of aryl methyl sites for hydroxylation is 1. The zero-order valence-corrected chi connectivity index (χ0v) is 13.9. The zero-order chi connectivity index (χ0) is 15.5. The van der Waals surface area contributed by atoms with Crippen LogP contribution in [0.25, 0.3) is 0 Å². The molecule has 0 fully saturated rings. The first-order valence-corrected chi connectivity index (χ1v) is 8.20. The minimum atomic E-state index is 0.726. The van der Waals surface area contributed by atoms with Crippen molar-refractivity contribution in [2.24, 2.45) is 5.92 Å². The molecule has 116 valence electrons. The van der Waals surface area contributed by atoms with E-state index in [1.807, 2.05) is 18.3 Å². The summed E-state index contributed by atoms with van der Waals surface area (Å²) in [6.45, 7) is 2.25. The summed E-state index contributed by atoms with van der Waals surface area (Å²) in [5.41, 5.74) is 5.01. The summed E-state index contributed by atoms with van der Waals surface area (Å²) in [6.07, 6.45) is 9.27. The van der Waals surface area contributed by atoms with Crippen LogP contribution in [0.15, 0.2) is 24.5 Å². The van der Waals surface area contributed by atoms with E-state index in [1.54, 1.807) is 13.3 Å². The number of aromatic nitrogens is 2. The van der Waals surface area contributed by atoms with Crippen molar-refractivity contribution >= 4 is 11.6 Å². The summed E-state index contributed by atoms with van der Waals surface area (Å²) >= 11 is 5.93. The highest BCUT2D eigenvalue weighted by Crippen LogP contribution is 2.31. The van der Waals surface area contributed by atoms with Gasteiger partial charge in [-0.3, -0.25) is 9.97 Å². The molecule has 0 saturated heterocycles. The fourth-order valence-electron chi connectivity index (χ4n) is 3.27. The first-order valence-electron chi connectivity index (χ1n) is 7.82. The third kappa shape index (κ3) is 3.09. The van der Waals surface area contributed by atoms with Gasteiger partial charge in [-0.2, -0.15) is 0 Å². The Morgan fingerprint density at radius 3 is 2.59 bits per heavy atom. The van der Waals surface area contributed by atoms with Crippen molar-refractivity contribution in [2.75, 3.05) is 7.11 Å². The van der Waals surface area contributed by atoms with Crippen molar-refractivity contribution in [2.45, 2.75) is 39.0 Å². The molecule has 0 N–H and O–H groups in total. The van der Waals surface area contributed by atoms with Gasteiger partial charge in [0.2, 0.25) is 0 Å². The molecule has 0 aliphatic heterocycles. The van der Waals surface area contributed by atoms with E-state index >= 15 is 0 Å². The highest BCUT2D eigenvalue weighted by atomic mass is 35.5. The van der Waals surface area contributed by atoms with Crippen molar-refractivity contribution in [3.8, 4) is 5.75 Å². The average Bonchev–Trinajstić information content (AvgIpc) is 3.13. The maximum absolute atomic E-state index is 5.93. The average molecular weight is 317 g/mol. The lowest BCUT2D eigenvalue weighted by Crippen LogP contribution is -1.92. The van der Waals surface area contributed by atoms with Gasteiger partial charge in [0.1, 0.15) is 5.75 Å². The summed E-state index contributed by atoms with van der Waals surface area (Å²) in [7, 11) is 1.72. The maximum Gasteiger partial charge on any atom is 0.125 e. The van der Waals surface area contributed by atoms with Crippen LogP contribution in [0.3, 0.4) is 0 Å². The summed E-state index contributed by atoms with van der Waals surface area (Å²) in [6, 6.07) is 3.81. The number of methoxy groups -OCH3 is 1. The Labute approximate surface area is 136 Å². The molecule has 2 heterocycles. The standard InChI is InChI=1S/C10H13NO.C8H8ClN/c1-7-5-8-9(6-7)11-4-3-10(8)12-2;9-7-4-5-10-8-3-1-2-6(7)8/h3-4,7H,5-6H2,1-2H3;4-5H,1-3H2. The lowest BCUT2D eigenvalue weighted by Gasteiger charge is -2.04. The topological polar surface area (TPSA) is 35.0 Å². The quantitative estimate of drug-likeness (QED) is 0.796. The molecule has 0 radical (unpaired) electrons. The minimum Gasteiger partial charge on any atom is -0.496 e. The number of hydrogen-bond acceptors (Lipinski definition) is 3. The minimum absolute atomic E-state index is 0.726. The number of hydrogen-bond donors (Lipinski definition) is 0. The van der Waals surface area contributed by atoms with E-state index in [2.05, 4.69) is 16.9 Å². The Kier molecular flexibility index (Phi) is 4.63. The van der Waals surface area contributed by atoms with Gasteiger partial charge in [-0.05, 0) is 55.7 Å². The van der Waals surface area contributed by atoms with Crippen LogP contribution < -0.4 is 4.74 Å². The van der Waals surface area contributed by atoms with Crippen LogP contribution in [-0.4, -0.2) is 17.1 Å². The molecule has 3 nitrogen and oxygen atoms in total. The summed E-state index contributed by atoms with van der Waals surface area (Å²) in [5, 5.41) is 0.891. The lowest BCUT2D eigenvalue weighted by molar-refractivity contribution is 0.408. The molecule has 0 aromatic carbocycles. The van der Waals surface area contributed by atoms with Crippen LogP contribution in [0.5, 0.6) is 5.75 Å². The molecule has 2 aliphatic rings. The van der Waals surface area contributed by atoms with E-state index in [0.717, 1.165) is 42.4 Å². The summed E-state index contributed by atoms with van der Waals surface area (Å²) < 4.78 is 5.27. The smallest absolute Gasteiger partial charge is 0.125 e. The molecule has 2 aliphatic carbocycles. The molecule has 0 amide bonds. The first kappa shape index (κ1) is 15.3. The third-order valence-corrected chi connectivity index (χ3v) is 4.70. The van der Waals surface area contributed by atoms with E-state index in [-0.39, 0.29) is 0 Å². The number of rotatable bonds is 1. The van der Waals surface area contributed by atoms with Gasteiger partial charge in [0.15, 0.2) is 0 Å². The van der Waals surface area contributed by atoms with Gasteiger partial charge in [0.05, 0.1) is 7.11 Å². The molecule has 4 rings (SSSR count). The highest BCUT2D eigenvalue weighted by Gasteiger charge is 2.21. The predicted octanol–water partition coefficient (Wildman–Crippen LogP) is 4.05. The summed E-state index contributed by atoms with van der Waals surface area (Å²) in [4.78, 5) is 8.57. The molecule has 2 aromatic heterocycles. The van der Waals surface area contributed by atoms with Crippen LogP contribution in [0.2, 0.25) is 5.02 Å². The Morgan fingerprint density at radius 2 is 1.82 bits per heavy atom. The number of nitrogens with zero attached hydrogens (tertiary/aromatic N) is 2. The van der Waals surface area contributed by atoms with Gasteiger partial charge in [-0.1, -0.05) is 18.5 Å². The van der Waals surface area contributed by atoms with Gasteiger partial charge in [-0.25, -0.2) is 0 Å². The molecule has 0 spiro atoms. The van der Waals surface area contributed by atoms with Crippen molar-refractivity contribution in [1.82, 2.24) is 9.97 Å². The van der Waals surface area contributed by atoms with Crippen molar-refractivity contribution in [3.05, 3.63) is 52.1 Å². The lowest BCUT2D eigenvalue weighted by atomic mass is 10.1. The zero-order valence-electron chi connectivity index (χ0n) is 13.1. The fourth-order valence-corrected chi connectivity index (χ4v) is 3.53. The van der Waals surface area contributed by atoms with Crippen molar-refractivity contribution < 1.29 is 4.74 Å². The molecular weight excluding hydrogens is 296 g/mol. The molecule has 0 saturated carbocycles. The van der Waals surface area contributed by atoms with Gasteiger partial charge in [0, 0.05) is 34.4 Å². The van der Waals surface area contributed by atoms with Gasteiger partial charge < -0.3 is 4.74 Å². The third-order valence-electron chi connectivity index (χ3n) is 4.34. The van der Waals surface area contributed by atoms with Crippen molar-refractivity contribution in [1.29, 1.82) is 0 Å². The maximum atomic E-state index is 5.93. The molecule has 22 heavy (non-hydrogen) atoms. The normalized spacial score (nSPS) is 18.2. The van der Waals surface area contributed by atoms with E-state index in [9.17, 15) is 0 Å². The Balaban J connectivity index is 0.000000133. The van der Waals surface area contributed by atoms with E-state index in [4.69, 9.17) is 16.3 Å². The first-order chi connectivity index (χ1) is 10.7. The largest absolute Gasteiger partial charge is 0.496 e. The summed E-state index contributed by atoms with van der Waals surface area (Å²) in [5.74, 6) is 1.73. The van der Waals surface area contributed by atoms with Crippen LogP contribution in [-0.2, 0) is 25.7 Å². The second-order valence-electron chi connectivity index (χ2n) is 6.02. The van der Waals surface area contributed by atoms with E-state index in [1.165, 1.54) is 28.9 Å². The van der Waals surface area contributed by atoms with Gasteiger partial charge in [0.25, 0.3) is 0 Å². The molecule has 1 unspecified atom stereocenters. The van der Waals surface area contributed by atoms with Crippen LogP contribution in [0.4, 0.5) is 0 Å². The molecular formula is C18H21ClN2O. The van der Waals surface area contributed by atoms with E-state index in [0.29, 0.717) is 0 Å². The second-order valence-corrected chi connectivity index (χ2v) is 6.43. The predicted molar refractivity (Wildman–Crippen MR) is 88.6 cm³/mol. The molecule has 1 atom stereocenters. The number of fused-ring (bicyclic) bond motifs is 2. The molecule has 2 aromatic rings. The van der Waals surface area contributed by atoms with Gasteiger partial charge >= 0.3 is 0 Å². The number of halogens is 1. The van der Waals surface area contributed by atoms with E-state index < -0.39 is 0 Å². The highest BCUT2D eigenvalue weighted by molar-refractivity contribution is 6.31. The number of pyridine rings is 2. The fraction of sp³-hybridized carbons (Fsp3) is 0.444. The van der Waals surface area contributed by atoms with Crippen LogP contribution in [0.1, 0.15) is 35.9 Å². The number of ether oxygens (including phenoxy) is 1. The Hall–Kier alpha value is -1.61. The van der Waals surface area contributed by atoms with Crippen LogP contribution >= 0.6 is 11.6 Å². The van der Waals surface area contributed by atoms with Gasteiger partial charge in [-0.15, -0.1) is 0 Å².